The quantitative estimate of drug-likeness (QED) is 0.454. The van der Waals surface area contributed by atoms with Crippen LogP contribution in [0, 0.1) is 0 Å². The maximum atomic E-state index is 6.07. The van der Waals surface area contributed by atoms with Gasteiger partial charge in [-0.05, 0) is 30.0 Å². The van der Waals surface area contributed by atoms with Crippen LogP contribution in [0.15, 0.2) is 23.2 Å². The molecule has 0 unspecified atom stereocenters. The van der Waals surface area contributed by atoms with Crippen molar-refractivity contribution < 1.29 is 4.74 Å². The van der Waals surface area contributed by atoms with Crippen LogP contribution < -0.4 is 10.6 Å². The Labute approximate surface area is 149 Å². The average molecular weight is 416 g/mol. The molecule has 0 amide bonds. The number of fused-ring (bicyclic) bond motifs is 1. The summed E-state index contributed by atoms with van der Waals surface area (Å²) in [4.78, 5) is 8.96. The van der Waals surface area contributed by atoms with Gasteiger partial charge >= 0.3 is 0 Å². The van der Waals surface area contributed by atoms with Crippen molar-refractivity contribution in [2.75, 3.05) is 44.8 Å². The minimum absolute atomic E-state index is 0. The molecule has 122 valence electrons. The highest BCUT2D eigenvalue weighted by Gasteiger charge is 2.14. The normalized spacial score (nSPS) is 18.7. The average Bonchev–Trinajstić information content (AvgIpc) is 2.53. The Bertz CT molecular complexity index is 529. The number of rotatable bonds is 2. The van der Waals surface area contributed by atoms with Crippen LogP contribution in [0.1, 0.15) is 17.5 Å². The summed E-state index contributed by atoms with van der Waals surface area (Å²) < 4.78 is 5.33. The van der Waals surface area contributed by atoms with E-state index in [0.717, 1.165) is 39.3 Å². The zero-order valence-electron chi connectivity index (χ0n) is 13.1. The number of nitrogens with two attached hydrogens (primary N) is 1. The van der Waals surface area contributed by atoms with Gasteiger partial charge in [0.25, 0.3) is 0 Å². The molecule has 0 spiro atoms. The number of benzene rings is 1. The number of hydrogen-bond donors (Lipinski definition) is 1. The summed E-state index contributed by atoms with van der Waals surface area (Å²) >= 11 is 0. The first-order valence-electron chi connectivity index (χ1n) is 7.69. The standard InChI is InChI=1S/C16H24N4O.HI/c1-19-6-2-3-14-11-13(4-5-15(14)19)12-18-16(17)20-7-9-21-10-8-20;/h4-5,11H,2-3,6-10,12H2,1H3,(H2,17,18);1H. The van der Waals surface area contributed by atoms with Gasteiger partial charge in [-0.1, -0.05) is 12.1 Å². The first kappa shape index (κ1) is 17.3. The Morgan fingerprint density at radius 2 is 2.05 bits per heavy atom. The van der Waals surface area contributed by atoms with E-state index < -0.39 is 0 Å². The molecule has 2 aliphatic heterocycles. The SMILES string of the molecule is CN1CCCc2cc(CN=C(N)N3CCOCC3)ccc21.I. The monoisotopic (exact) mass is 416 g/mol. The molecule has 1 aromatic carbocycles. The topological polar surface area (TPSA) is 54.1 Å². The Kier molecular flexibility index (Phi) is 6.31. The largest absolute Gasteiger partial charge is 0.378 e. The molecule has 1 saturated heterocycles. The molecule has 0 aromatic heterocycles. The number of halogens is 1. The second kappa shape index (κ2) is 8.01. The summed E-state index contributed by atoms with van der Waals surface area (Å²) in [6.45, 7) is 4.95. The minimum atomic E-state index is 0. The number of anilines is 1. The van der Waals surface area contributed by atoms with Crippen molar-refractivity contribution in [1.29, 1.82) is 0 Å². The Hall–Kier alpha value is -1.02. The first-order valence-corrected chi connectivity index (χ1v) is 7.69. The third kappa shape index (κ3) is 4.04. The number of aliphatic imine (C=N–C) groups is 1. The molecule has 1 fully saturated rings. The molecule has 1 aromatic rings. The van der Waals surface area contributed by atoms with E-state index in [1.165, 1.54) is 23.2 Å². The van der Waals surface area contributed by atoms with E-state index in [0.29, 0.717) is 12.5 Å². The van der Waals surface area contributed by atoms with Crippen LogP contribution in [0.5, 0.6) is 0 Å². The van der Waals surface area contributed by atoms with E-state index in [4.69, 9.17) is 10.5 Å². The van der Waals surface area contributed by atoms with E-state index in [1.54, 1.807) is 0 Å². The van der Waals surface area contributed by atoms with Crippen molar-refractivity contribution in [3.8, 4) is 0 Å². The van der Waals surface area contributed by atoms with Crippen LogP contribution in [0.2, 0.25) is 0 Å². The lowest BCUT2D eigenvalue weighted by atomic mass is 10.00. The predicted molar refractivity (Wildman–Crippen MR) is 101 cm³/mol. The Morgan fingerprint density at radius 3 is 2.82 bits per heavy atom. The molecule has 22 heavy (non-hydrogen) atoms. The number of guanidine groups is 1. The van der Waals surface area contributed by atoms with Crippen LogP contribution in [0.25, 0.3) is 0 Å². The number of aryl methyl sites for hydroxylation is 1. The Balaban J connectivity index is 0.00000176. The van der Waals surface area contributed by atoms with Gasteiger partial charge in [0.05, 0.1) is 19.8 Å². The second-order valence-electron chi connectivity index (χ2n) is 5.76. The molecule has 0 radical (unpaired) electrons. The zero-order chi connectivity index (χ0) is 14.7. The summed E-state index contributed by atoms with van der Waals surface area (Å²) in [5, 5.41) is 0. The van der Waals surface area contributed by atoms with Gasteiger partial charge < -0.3 is 20.3 Å². The molecule has 2 N–H and O–H groups in total. The van der Waals surface area contributed by atoms with Gasteiger partial charge in [-0.25, -0.2) is 4.99 Å². The molecule has 0 aliphatic carbocycles. The van der Waals surface area contributed by atoms with E-state index in [-0.39, 0.29) is 24.0 Å². The van der Waals surface area contributed by atoms with Crippen molar-refractivity contribution in [3.05, 3.63) is 29.3 Å². The van der Waals surface area contributed by atoms with Crippen LogP contribution >= 0.6 is 24.0 Å². The van der Waals surface area contributed by atoms with Crippen molar-refractivity contribution >= 4 is 35.6 Å². The van der Waals surface area contributed by atoms with Gasteiger partial charge in [0.15, 0.2) is 5.96 Å². The second-order valence-corrected chi connectivity index (χ2v) is 5.76. The predicted octanol–water partition coefficient (Wildman–Crippen LogP) is 1.83. The van der Waals surface area contributed by atoms with Crippen LogP contribution in [-0.4, -0.2) is 50.8 Å². The molecule has 5 nitrogen and oxygen atoms in total. The van der Waals surface area contributed by atoms with Crippen molar-refractivity contribution in [1.82, 2.24) is 4.90 Å². The molecular weight excluding hydrogens is 391 g/mol. The van der Waals surface area contributed by atoms with Crippen molar-refractivity contribution in [2.45, 2.75) is 19.4 Å². The lowest BCUT2D eigenvalue weighted by Gasteiger charge is -2.28. The highest BCUT2D eigenvalue weighted by molar-refractivity contribution is 14.0. The molecule has 6 heteroatoms. The van der Waals surface area contributed by atoms with Gasteiger partial charge in [-0.15, -0.1) is 24.0 Å². The fourth-order valence-electron chi connectivity index (χ4n) is 3.00. The third-order valence-electron chi connectivity index (χ3n) is 4.25. The van der Waals surface area contributed by atoms with E-state index in [9.17, 15) is 0 Å². The smallest absolute Gasteiger partial charge is 0.191 e. The zero-order valence-corrected chi connectivity index (χ0v) is 15.5. The van der Waals surface area contributed by atoms with Crippen LogP contribution in [0.4, 0.5) is 5.69 Å². The van der Waals surface area contributed by atoms with Gasteiger partial charge in [0.1, 0.15) is 0 Å². The van der Waals surface area contributed by atoms with Crippen LogP contribution in [0.3, 0.4) is 0 Å². The van der Waals surface area contributed by atoms with Crippen molar-refractivity contribution in [2.24, 2.45) is 10.7 Å². The van der Waals surface area contributed by atoms with E-state index >= 15 is 0 Å². The van der Waals surface area contributed by atoms with E-state index in [2.05, 4.69) is 40.0 Å². The lowest BCUT2D eigenvalue weighted by molar-refractivity contribution is 0.0674. The highest BCUT2D eigenvalue weighted by atomic mass is 127. The molecular formula is C16H25IN4O. The fraction of sp³-hybridized carbons (Fsp3) is 0.562. The number of nitrogens with zero attached hydrogens (tertiary/aromatic N) is 3. The molecule has 3 rings (SSSR count). The molecule has 2 heterocycles. The van der Waals surface area contributed by atoms with Crippen molar-refractivity contribution in [3.63, 3.8) is 0 Å². The molecule has 0 bridgehead atoms. The minimum Gasteiger partial charge on any atom is -0.378 e. The highest BCUT2D eigenvalue weighted by Crippen LogP contribution is 2.26. The molecule has 0 atom stereocenters. The summed E-state index contributed by atoms with van der Waals surface area (Å²) in [6.07, 6.45) is 2.39. The summed E-state index contributed by atoms with van der Waals surface area (Å²) in [5.74, 6) is 0.633. The lowest BCUT2D eigenvalue weighted by Crippen LogP contribution is -2.44. The van der Waals surface area contributed by atoms with E-state index in [1.807, 2.05) is 0 Å². The van der Waals surface area contributed by atoms with Gasteiger partial charge in [0.2, 0.25) is 0 Å². The first-order chi connectivity index (χ1) is 10.2. The number of morpholine rings is 1. The third-order valence-corrected chi connectivity index (χ3v) is 4.25. The van der Waals surface area contributed by atoms with Crippen LogP contribution in [-0.2, 0) is 17.7 Å². The fourth-order valence-corrected chi connectivity index (χ4v) is 3.00. The molecule has 0 saturated carbocycles. The number of hydrogen-bond acceptors (Lipinski definition) is 3. The molecule has 2 aliphatic rings. The van der Waals surface area contributed by atoms with Gasteiger partial charge in [-0.3, -0.25) is 0 Å². The summed E-state index contributed by atoms with van der Waals surface area (Å²) in [6, 6.07) is 6.65. The van der Waals surface area contributed by atoms with Gasteiger partial charge in [0, 0.05) is 32.4 Å². The van der Waals surface area contributed by atoms with Gasteiger partial charge in [-0.2, -0.15) is 0 Å². The maximum absolute atomic E-state index is 6.07. The summed E-state index contributed by atoms with van der Waals surface area (Å²) in [5.41, 5.74) is 10.1. The Morgan fingerprint density at radius 1 is 1.27 bits per heavy atom. The maximum Gasteiger partial charge on any atom is 0.191 e. The number of ether oxygens (including phenoxy) is 1. The summed E-state index contributed by atoms with van der Waals surface area (Å²) in [7, 11) is 2.16.